The van der Waals surface area contributed by atoms with Crippen LogP contribution in [0.1, 0.15) is 35.9 Å². The third kappa shape index (κ3) is 3.29. The van der Waals surface area contributed by atoms with Crippen LogP contribution in [0.3, 0.4) is 0 Å². The molecule has 1 heterocycles. The lowest BCUT2D eigenvalue weighted by Gasteiger charge is -2.10. The fourth-order valence-electron chi connectivity index (χ4n) is 2.42. The molecule has 114 valence electrons. The summed E-state index contributed by atoms with van der Waals surface area (Å²) in [6.07, 6.45) is 1.64. The van der Waals surface area contributed by atoms with Crippen molar-refractivity contribution < 1.29 is 8.78 Å². The Morgan fingerprint density at radius 1 is 1.29 bits per heavy atom. The van der Waals surface area contributed by atoms with E-state index in [9.17, 15) is 8.78 Å². The van der Waals surface area contributed by atoms with Crippen LogP contribution in [-0.4, -0.2) is 15.8 Å². The number of aromatic nitrogens is 2. The topological polar surface area (TPSA) is 43.8 Å². The molecule has 1 aromatic carbocycles. The summed E-state index contributed by atoms with van der Waals surface area (Å²) in [7, 11) is 0. The molecule has 0 aliphatic carbocycles. The maximum Gasteiger partial charge on any atom is 0.163 e. The van der Waals surface area contributed by atoms with Gasteiger partial charge in [-0.2, -0.15) is 5.10 Å². The Labute approximate surface area is 123 Å². The van der Waals surface area contributed by atoms with Gasteiger partial charge in [-0.3, -0.25) is 4.68 Å². The summed E-state index contributed by atoms with van der Waals surface area (Å²) in [6, 6.07) is 4.29. The van der Waals surface area contributed by atoms with Crippen LogP contribution in [0, 0.1) is 25.5 Å². The van der Waals surface area contributed by atoms with Crippen LogP contribution in [0.15, 0.2) is 18.2 Å². The van der Waals surface area contributed by atoms with Gasteiger partial charge in [0.25, 0.3) is 0 Å². The van der Waals surface area contributed by atoms with Gasteiger partial charge in [-0.05, 0) is 38.3 Å². The largest absolute Gasteiger partial charge is 0.327 e. The minimum absolute atomic E-state index is 0.0888. The van der Waals surface area contributed by atoms with E-state index in [1.165, 1.54) is 6.07 Å². The number of nitrogens with two attached hydrogens (primary N) is 1. The normalized spacial score (nSPS) is 12.7. The molecule has 1 aromatic heterocycles. The molecule has 0 amide bonds. The third-order valence-corrected chi connectivity index (χ3v) is 3.87. The predicted octanol–water partition coefficient (Wildman–Crippen LogP) is 3.11. The van der Waals surface area contributed by atoms with Gasteiger partial charge in [0.15, 0.2) is 11.6 Å². The molecule has 0 bridgehead atoms. The highest BCUT2D eigenvalue weighted by atomic mass is 19.2. The molecular weight excluding hydrogens is 272 g/mol. The van der Waals surface area contributed by atoms with Crippen LogP contribution in [0.5, 0.6) is 0 Å². The van der Waals surface area contributed by atoms with Crippen molar-refractivity contribution in [1.82, 2.24) is 9.78 Å². The number of benzene rings is 1. The summed E-state index contributed by atoms with van der Waals surface area (Å²) < 4.78 is 28.7. The molecule has 21 heavy (non-hydrogen) atoms. The molecule has 0 saturated carbocycles. The van der Waals surface area contributed by atoms with Gasteiger partial charge in [-0.1, -0.05) is 19.1 Å². The van der Waals surface area contributed by atoms with Crippen molar-refractivity contribution in [3.05, 3.63) is 52.3 Å². The third-order valence-electron chi connectivity index (χ3n) is 3.87. The van der Waals surface area contributed by atoms with Gasteiger partial charge in [0.05, 0.1) is 12.2 Å². The Balaban J connectivity index is 2.29. The van der Waals surface area contributed by atoms with E-state index >= 15 is 0 Å². The fraction of sp³-hybridized carbons (Fsp3) is 0.438. The quantitative estimate of drug-likeness (QED) is 0.920. The van der Waals surface area contributed by atoms with Crippen molar-refractivity contribution in [3.8, 4) is 0 Å². The summed E-state index contributed by atoms with van der Waals surface area (Å²) in [6.45, 7) is 6.12. The van der Waals surface area contributed by atoms with E-state index in [0.29, 0.717) is 5.56 Å². The molecule has 0 aliphatic heterocycles. The lowest BCUT2D eigenvalue weighted by Crippen LogP contribution is -2.22. The van der Waals surface area contributed by atoms with Crippen LogP contribution in [0.25, 0.3) is 0 Å². The zero-order valence-corrected chi connectivity index (χ0v) is 12.7. The average Bonchev–Trinajstić information content (AvgIpc) is 2.71. The van der Waals surface area contributed by atoms with Crippen LogP contribution >= 0.6 is 0 Å². The van der Waals surface area contributed by atoms with E-state index in [2.05, 4.69) is 5.10 Å². The van der Waals surface area contributed by atoms with Crippen molar-refractivity contribution in [1.29, 1.82) is 0 Å². The number of hydrogen-bond acceptors (Lipinski definition) is 2. The highest BCUT2D eigenvalue weighted by Crippen LogP contribution is 2.19. The monoisotopic (exact) mass is 293 g/mol. The van der Waals surface area contributed by atoms with Crippen molar-refractivity contribution in [2.24, 2.45) is 5.73 Å². The Hall–Kier alpha value is -1.75. The molecule has 2 N–H and O–H groups in total. The molecule has 0 aliphatic rings. The van der Waals surface area contributed by atoms with E-state index < -0.39 is 11.6 Å². The van der Waals surface area contributed by atoms with Gasteiger partial charge in [0, 0.05) is 17.3 Å². The number of aryl methyl sites for hydroxylation is 1. The molecule has 0 radical (unpaired) electrons. The van der Waals surface area contributed by atoms with Crippen LogP contribution < -0.4 is 5.73 Å². The van der Waals surface area contributed by atoms with E-state index in [4.69, 9.17) is 5.73 Å². The Morgan fingerprint density at radius 3 is 2.67 bits per heavy atom. The van der Waals surface area contributed by atoms with Crippen molar-refractivity contribution in [3.63, 3.8) is 0 Å². The fourth-order valence-corrected chi connectivity index (χ4v) is 2.42. The Bertz CT molecular complexity index is 635. The van der Waals surface area contributed by atoms with E-state index in [0.717, 1.165) is 35.9 Å². The summed E-state index contributed by atoms with van der Waals surface area (Å²) in [5.41, 5.74) is 9.25. The Kier molecular flexibility index (Phi) is 4.73. The van der Waals surface area contributed by atoms with Gasteiger partial charge < -0.3 is 5.73 Å². The second kappa shape index (κ2) is 6.35. The first-order valence-corrected chi connectivity index (χ1v) is 7.15. The summed E-state index contributed by atoms with van der Waals surface area (Å²) in [4.78, 5) is 0. The van der Waals surface area contributed by atoms with E-state index in [1.807, 2.05) is 20.8 Å². The van der Waals surface area contributed by atoms with E-state index in [-0.39, 0.29) is 12.6 Å². The minimum atomic E-state index is -0.831. The highest BCUT2D eigenvalue weighted by Gasteiger charge is 2.16. The summed E-state index contributed by atoms with van der Waals surface area (Å²) in [5.74, 6) is -1.64. The molecule has 5 heteroatoms. The first-order chi connectivity index (χ1) is 9.93. The van der Waals surface area contributed by atoms with E-state index in [1.54, 1.807) is 10.7 Å². The second-order valence-corrected chi connectivity index (χ2v) is 5.39. The molecule has 1 atom stereocenters. The lowest BCUT2D eigenvalue weighted by molar-refractivity contribution is 0.490. The van der Waals surface area contributed by atoms with Gasteiger partial charge >= 0.3 is 0 Å². The van der Waals surface area contributed by atoms with Gasteiger partial charge in [0.2, 0.25) is 0 Å². The van der Waals surface area contributed by atoms with Crippen LogP contribution in [0.2, 0.25) is 0 Å². The minimum Gasteiger partial charge on any atom is -0.327 e. The Morgan fingerprint density at radius 2 is 2.00 bits per heavy atom. The average molecular weight is 293 g/mol. The van der Waals surface area contributed by atoms with Crippen molar-refractivity contribution in [2.75, 3.05) is 0 Å². The second-order valence-electron chi connectivity index (χ2n) is 5.39. The van der Waals surface area contributed by atoms with Crippen molar-refractivity contribution >= 4 is 0 Å². The van der Waals surface area contributed by atoms with Crippen LogP contribution in [0.4, 0.5) is 8.78 Å². The number of halogens is 2. The van der Waals surface area contributed by atoms with Gasteiger partial charge in [-0.25, -0.2) is 8.78 Å². The molecule has 0 spiro atoms. The first kappa shape index (κ1) is 15.6. The van der Waals surface area contributed by atoms with Gasteiger partial charge in [0.1, 0.15) is 0 Å². The molecule has 0 saturated heterocycles. The SMILES string of the molecule is CCC(N)Cc1c(C)nn(Cc2cccc(F)c2F)c1C. The maximum absolute atomic E-state index is 13.8. The molecule has 1 unspecified atom stereocenters. The molecule has 2 aromatic rings. The zero-order valence-electron chi connectivity index (χ0n) is 12.7. The molecule has 0 fully saturated rings. The maximum atomic E-state index is 13.8. The number of nitrogens with zero attached hydrogens (tertiary/aromatic N) is 2. The molecule has 3 nitrogen and oxygen atoms in total. The number of hydrogen-bond donors (Lipinski definition) is 1. The first-order valence-electron chi connectivity index (χ1n) is 7.15. The standard InChI is InChI=1S/C16H21F2N3/c1-4-13(19)8-14-10(2)20-21(11(14)3)9-12-6-5-7-15(17)16(12)18/h5-7,13H,4,8-9,19H2,1-3H3. The van der Waals surface area contributed by atoms with Crippen molar-refractivity contribution in [2.45, 2.75) is 46.2 Å². The van der Waals surface area contributed by atoms with Gasteiger partial charge in [-0.15, -0.1) is 0 Å². The lowest BCUT2D eigenvalue weighted by atomic mass is 10.0. The smallest absolute Gasteiger partial charge is 0.163 e. The summed E-state index contributed by atoms with van der Waals surface area (Å²) >= 11 is 0. The summed E-state index contributed by atoms with van der Waals surface area (Å²) in [5, 5.41) is 4.44. The molecule has 2 rings (SSSR count). The predicted molar refractivity (Wildman–Crippen MR) is 79.1 cm³/mol. The zero-order chi connectivity index (χ0) is 15.6. The highest BCUT2D eigenvalue weighted by molar-refractivity contribution is 5.27. The number of rotatable bonds is 5. The van der Waals surface area contributed by atoms with Crippen LogP contribution in [-0.2, 0) is 13.0 Å². The molecular formula is C16H21F2N3.